The monoisotopic (exact) mass is 1160 g/mol. The molecule has 5 aromatic carbocycles. The Morgan fingerprint density at radius 1 is 0.683 bits per heavy atom. The lowest BCUT2D eigenvalue weighted by molar-refractivity contribution is -0.143. The molecule has 20 nitrogen and oxygen atoms in total. The highest BCUT2D eigenvalue weighted by Gasteiger charge is 2.42. The second-order valence-corrected chi connectivity index (χ2v) is 24.3. The standard InChI is InChI=1S/C60H72N10O10S2/c1-34(2)50(59(79)80)69-57(77)49-33-81-82-60(3,4)51(70-52(72)43(62)28-37-20-23-38-15-8-9-16-39(38)27-37)58(78)67-47(29-35-13-6-5-7-14-35)54(74)66-48(31-40-32-63-44-18-11-10-17-42(40)44)56(76)64-45(19-12-26-61)53(73)65-46(55(75)68-49)30-36-21-24-41(71)25-22-36/h5-11,13-18,20-25,27,32,34,43,45-51,63,71H,12,19,26,28-31,33,61-62H2,1-4H3,(H,64,76)(H,65,73)(H,66,74)(H,67,78)(H,68,75)(H,69,77)(H,70,72)(H,79,80)/t43-,45-,46-,47-,48+,49-,50-,51-/m0/s1. The minimum absolute atomic E-state index is 0.0124. The number of phenols is 1. The van der Waals surface area contributed by atoms with Gasteiger partial charge in [0.05, 0.1) is 6.04 Å². The van der Waals surface area contributed by atoms with E-state index in [0.717, 1.165) is 48.8 Å². The Bertz CT molecular complexity index is 3230. The first kappa shape index (κ1) is 61.7. The lowest BCUT2D eigenvalue weighted by atomic mass is 9.98. The molecular weight excluding hydrogens is 1080 g/mol. The second kappa shape index (κ2) is 28.7. The number of carboxylic acids is 1. The third kappa shape index (κ3) is 16.8. The number of benzene rings is 5. The molecule has 0 spiro atoms. The third-order valence-corrected chi connectivity index (χ3v) is 17.5. The van der Waals surface area contributed by atoms with E-state index in [0.29, 0.717) is 16.7 Å². The average molecular weight is 1160 g/mol. The van der Waals surface area contributed by atoms with E-state index in [1.54, 1.807) is 76.4 Å². The number of nitrogens with two attached hydrogens (primary N) is 2. The summed E-state index contributed by atoms with van der Waals surface area (Å²) in [5.41, 5.74) is 15.9. The zero-order chi connectivity index (χ0) is 59.1. The second-order valence-electron chi connectivity index (χ2n) is 21.3. The van der Waals surface area contributed by atoms with Gasteiger partial charge in [0.2, 0.25) is 41.4 Å². The van der Waals surface area contributed by atoms with Crippen LogP contribution in [0.15, 0.2) is 128 Å². The van der Waals surface area contributed by atoms with Crippen molar-refractivity contribution in [3.8, 4) is 5.75 Å². The maximum atomic E-state index is 15.2. The number of carbonyl (C=O) groups excluding carboxylic acids is 7. The van der Waals surface area contributed by atoms with Crippen molar-refractivity contribution in [3.63, 3.8) is 0 Å². The largest absolute Gasteiger partial charge is 0.508 e. The van der Waals surface area contributed by atoms with Crippen molar-refractivity contribution in [3.05, 3.63) is 150 Å². The number of para-hydroxylation sites is 1. The summed E-state index contributed by atoms with van der Waals surface area (Å²) in [6.07, 6.45) is 1.69. The summed E-state index contributed by atoms with van der Waals surface area (Å²) in [4.78, 5) is 119. The zero-order valence-electron chi connectivity index (χ0n) is 46.1. The first-order valence-corrected chi connectivity index (χ1v) is 29.5. The molecule has 434 valence electrons. The fraction of sp³-hybridized carbons (Fsp3) is 0.367. The van der Waals surface area contributed by atoms with Gasteiger partial charge in [0.1, 0.15) is 48.0 Å². The summed E-state index contributed by atoms with van der Waals surface area (Å²) in [6.45, 7) is 6.66. The average Bonchev–Trinajstić information content (AvgIpc) is 3.95. The molecule has 0 bridgehead atoms. The van der Waals surface area contributed by atoms with Crippen LogP contribution in [0, 0.1) is 5.92 Å². The molecule has 0 aliphatic carbocycles. The van der Waals surface area contributed by atoms with Crippen LogP contribution in [0.25, 0.3) is 21.7 Å². The highest BCUT2D eigenvalue weighted by molar-refractivity contribution is 8.77. The smallest absolute Gasteiger partial charge is 0.326 e. The van der Waals surface area contributed by atoms with Crippen molar-refractivity contribution in [2.45, 2.75) is 119 Å². The normalized spacial score (nSPS) is 21.2. The Morgan fingerprint density at radius 3 is 1.90 bits per heavy atom. The van der Waals surface area contributed by atoms with Crippen LogP contribution in [0.4, 0.5) is 0 Å². The predicted octanol–water partition coefficient (Wildman–Crippen LogP) is 3.67. The summed E-state index contributed by atoms with van der Waals surface area (Å²) < 4.78 is -1.32. The third-order valence-electron chi connectivity index (χ3n) is 14.2. The van der Waals surface area contributed by atoms with E-state index in [2.05, 4.69) is 42.2 Å². The number of H-pyrrole nitrogens is 1. The van der Waals surface area contributed by atoms with Crippen LogP contribution in [0.5, 0.6) is 5.75 Å². The highest BCUT2D eigenvalue weighted by atomic mass is 33.1. The van der Waals surface area contributed by atoms with Crippen LogP contribution < -0.4 is 48.7 Å². The number of rotatable bonds is 17. The molecule has 14 N–H and O–H groups in total. The van der Waals surface area contributed by atoms with Gasteiger partial charge in [-0.3, -0.25) is 33.6 Å². The molecule has 6 aromatic rings. The van der Waals surface area contributed by atoms with Gasteiger partial charge in [-0.2, -0.15) is 0 Å². The van der Waals surface area contributed by atoms with Crippen LogP contribution in [0.1, 0.15) is 62.8 Å². The lowest BCUT2D eigenvalue weighted by Gasteiger charge is -2.35. The number of aliphatic carboxylic acids is 1. The van der Waals surface area contributed by atoms with Crippen LogP contribution in [0.2, 0.25) is 0 Å². The van der Waals surface area contributed by atoms with E-state index in [9.17, 15) is 39.0 Å². The maximum absolute atomic E-state index is 15.2. The van der Waals surface area contributed by atoms with Crippen molar-refractivity contribution in [2.75, 3.05) is 12.3 Å². The van der Waals surface area contributed by atoms with Gasteiger partial charge in [-0.05, 0) is 96.8 Å². The van der Waals surface area contributed by atoms with Gasteiger partial charge in [0.25, 0.3) is 0 Å². The van der Waals surface area contributed by atoms with E-state index < -0.39 is 106 Å². The molecule has 0 radical (unpaired) electrons. The van der Waals surface area contributed by atoms with Gasteiger partial charge in [-0.15, -0.1) is 0 Å². The van der Waals surface area contributed by atoms with Gasteiger partial charge in [-0.25, -0.2) is 4.79 Å². The van der Waals surface area contributed by atoms with Gasteiger partial charge in [0.15, 0.2) is 0 Å². The van der Waals surface area contributed by atoms with Crippen LogP contribution in [-0.4, -0.2) is 128 Å². The molecule has 1 aliphatic heterocycles. The number of aromatic hydroxyl groups is 1. The predicted molar refractivity (Wildman–Crippen MR) is 318 cm³/mol. The Labute approximate surface area is 483 Å². The Balaban J connectivity index is 1.31. The molecule has 1 fully saturated rings. The van der Waals surface area contributed by atoms with E-state index in [4.69, 9.17) is 11.5 Å². The van der Waals surface area contributed by atoms with E-state index in [-0.39, 0.29) is 56.6 Å². The Hall–Kier alpha value is -7.92. The van der Waals surface area contributed by atoms with Crippen molar-refractivity contribution < 1.29 is 48.6 Å². The number of phenolic OH excluding ortho intramolecular Hbond substituents is 1. The first-order valence-electron chi connectivity index (χ1n) is 27.2. The van der Waals surface area contributed by atoms with Crippen molar-refractivity contribution in [2.24, 2.45) is 17.4 Å². The number of carboxylic acid groups (broad SMARTS) is 1. The number of carbonyl (C=O) groups is 8. The van der Waals surface area contributed by atoms with Gasteiger partial charge >= 0.3 is 5.97 Å². The summed E-state index contributed by atoms with van der Waals surface area (Å²) >= 11 is 0. The fourth-order valence-electron chi connectivity index (χ4n) is 9.57. The maximum Gasteiger partial charge on any atom is 0.326 e. The Morgan fingerprint density at radius 2 is 1.24 bits per heavy atom. The number of hydrogen-bond donors (Lipinski definition) is 12. The van der Waals surface area contributed by atoms with E-state index >= 15 is 9.59 Å². The quantitative estimate of drug-likeness (QED) is 0.0580. The van der Waals surface area contributed by atoms with E-state index in [1.165, 1.54) is 12.1 Å². The zero-order valence-corrected chi connectivity index (χ0v) is 47.7. The van der Waals surface area contributed by atoms with Crippen molar-refractivity contribution in [1.82, 2.24) is 42.2 Å². The number of fused-ring (bicyclic) bond motifs is 2. The SMILES string of the molecule is CC(C)[C@H](NC(=O)[C@@H]1CSSC(C)(C)[C@@H](NC(=O)[C@@H](N)Cc2ccc3ccccc3c2)C(=O)N[C@@H](Cc2ccccc2)C(=O)N[C@H](Cc2c[nH]c3ccccc23)C(=O)N[C@@H](CCCN)C(=O)N[C@@H](Cc2ccc(O)cc2)C(=O)N1)C(=O)O. The van der Waals surface area contributed by atoms with Crippen LogP contribution >= 0.6 is 21.6 Å². The van der Waals surface area contributed by atoms with E-state index in [1.807, 2.05) is 66.7 Å². The van der Waals surface area contributed by atoms with Crippen LogP contribution in [-0.2, 0) is 64.0 Å². The molecule has 0 saturated carbocycles. The topological polar surface area (TPSA) is 329 Å². The molecule has 7 amide bonds. The molecule has 7 rings (SSSR count). The minimum atomic E-state index is -1.47. The molecule has 0 unspecified atom stereocenters. The minimum Gasteiger partial charge on any atom is -0.508 e. The molecule has 1 saturated heterocycles. The number of aromatic nitrogens is 1. The molecule has 2 heterocycles. The summed E-state index contributed by atoms with van der Waals surface area (Å²) in [5.74, 6) is -7.79. The molecule has 1 aromatic heterocycles. The highest BCUT2D eigenvalue weighted by Crippen LogP contribution is 2.39. The number of aromatic amines is 1. The number of hydrogen-bond acceptors (Lipinski definition) is 13. The molecule has 22 heteroatoms. The Kier molecular flexibility index (Phi) is 21.6. The first-order chi connectivity index (χ1) is 39.2. The summed E-state index contributed by atoms with van der Waals surface area (Å²) in [6, 6.07) is 24.6. The summed E-state index contributed by atoms with van der Waals surface area (Å²) in [7, 11) is 2.10. The molecular formula is C60H72N10O10S2. The molecule has 82 heavy (non-hydrogen) atoms. The fourth-order valence-corrected chi connectivity index (χ4v) is 12.4. The molecule has 1 aliphatic rings. The van der Waals surface area contributed by atoms with Gasteiger partial charge < -0.3 is 63.9 Å². The van der Waals surface area contributed by atoms with Crippen molar-refractivity contribution in [1.29, 1.82) is 0 Å². The van der Waals surface area contributed by atoms with Gasteiger partial charge in [-0.1, -0.05) is 139 Å². The number of nitrogens with one attached hydrogen (secondary N) is 8. The van der Waals surface area contributed by atoms with Crippen molar-refractivity contribution >= 4 is 90.6 Å². The van der Waals surface area contributed by atoms with Crippen LogP contribution in [0.3, 0.4) is 0 Å². The lowest BCUT2D eigenvalue weighted by Crippen LogP contribution is -2.63. The summed E-state index contributed by atoms with van der Waals surface area (Å²) in [5, 5.41) is 42.5. The molecule has 8 atom stereocenters. The van der Waals surface area contributed by atoms with Gasteiger partial charge in [0, 0.05) is 46.9 Å². The number of amides is 7.